The lowest BCUT2D eigenvalue weighted by molar-refractivity contribution is 0.102. The van der Waals surface area contributed by atoms with E-state index >= 15 is 0 Å². The summed E-state index contributed by atoms with van der Waals surface area (Å²) in [6.07, 6.45) is 1.93. The van der Waals surface area contributed by atoms with Crippen LogP contribution in [0.25, 0.3) is 0 Å². The van der Waals surface area contributed by atoms with Crippen molar-refractivity contribution in [1.82, 2.24) is 0 Å². The van der Waals surface area contributed by atoms with Gasteiger partial charge in [0.15, 0.2) is 0 Å². The highest BCUT2D eigenvalue weighted by Gasteiger charge is 2.17. The quantitative estimate of drug-likeness (QED) is 0.502. The topological polar surface area (TPSA) is 75.3 Å². The van der Waals surface area contributed by atoms with Crippen molar-refractivity contribution in [3.05, 3.63) is 83.1 Å². The minimum absolute atomic E-state index is 0.0431. The van der Waals surface area contributed by atoms with E-state index in [1.807, 2.05) is 24.5 Å². The molecule has 5 nitrogen and oxygen atoms in total. The second-order valence-electron chi connectivity index (χ2n) is 5.94. The molecule has 0 aliphatic rings. The third-order valence-corrected chi connectivity index (χ3v) is 6.36. The molecule has 0 aromatic heterocycles. The molecular formula is C20H16ClFN2O3S2. The first kappa shape index (κ1) is 21.2. The molecule has 0 radical (unpaired) electrons. The van der Waals surface area contributed by atoms with Crippen LogP contribution in [0.2, 0.25) is 5.02 Å². The van der Waals surface area contributed by atoms with Gasteiger partial charge in [0, 0.05) is 16.1 Å². The van der Waals surface area contributed by atoms with Crippen LogP contribution in [0.3, 0.4) is 0 Å². The van der Waals surface area contributed by atoms with Crippen molar-refractivity contribution in [2.45, 2.75) is 9.79 Å². The lowest BCUT2D eigenvalue weighted by atomic mass is 10.2. The predicted molar refractivity (Wildman–Crippen MR) is 115 cm³/mol. The van der Waals surface area contributed by atoms with Crippen LogP contribution in [0.4, 0.5) is 15.8 Å². The number of halogens is 2. The zero-order valence-corrected chi connectivity index (χ0v) is 17.5. The fourth-order valence-corrected chi connectivity index (χ4v) is 4.22. The molecule has 0 aliphatic heterocycles. The summed E-state index contributed by atoms with van der Waals surface area (Å²) in [6, 6.07) is 16.0. The Balaban J connectivity index is 1.83. The Labute approximate surface area is 177 Å². The molecule has 3 aromatic carbocycles. The summed E-state index contributed by atoms with van der Waals surface area (Å²) in [5, 5.41) is 2.89. The van der Waals surface area contributed by atoms with Crippen LogP contribution in [0.5, 0.6) is 0 Å². The Bertz CT molecular complexity index is 1150. The van der Waals surface area contributed by atoms with Gasteiger partial charge in [-0.3, -0.25) is 9.52 Å². The molecule has 3 aromatic rings. The van der Waals surface area contributed by atoms with E-state index in [4.69, 9.17) is 11.6 Å². The van der Waals surface area contributed by atoms with Crippen LogP contribution < -0.4 is 10.0 Å². The molecule has 0 spiro atoms. The van der Waals surface area contributed by atoms with Crippen molar-refractivity contribution in [2.24, 2.45) is 0 Å². The van der Waals surface area contributed by atoms with E-state index in [0.717, 1.165) is 29.2 Å². The second kappa shape index (κ2) is 8.86. The first-order valence-corrected chi connectivity index (χ1v) is 11.4. The molecule has 1 amide bonds. The van der Waals surface area contributed by atoms with Crippen LogP contribution in [0.15, 0.2) is 76.5 Å². The number of sulfonamides is 1. The van der Waals surface area contributed by atoms with Crippen LogP contribution in [0, 0.1) is 5.82 Å². The zero-order chi connectivity index (χ0) is 21.0. The highest BCUT2D eigenvalue weighted by Crippen LogP contribution is 2.27. The number of benzene rings is 3. The lowest BCUT2D eigenvalue weighted by Crippen LogP contribution is -2.15. The summed E-state index contributed by atoms with van der Waals surface area (Å²) < 4.78 is 40.4. The van der Waals surface area contributed by atoms with Gasteiger partial charge >= 0.3 is 0 Å². The van der Waals surface area contributed by atoms with Gasteiger partial charge in [-0.1, -0.05) is 17.7 Å². The summed E-state index contributed by atoms with van der Waals surface area (Å²) in [6.45, 7) is 0. The summed E-state index contributed by atoms with van der Waals surface area (Å²) in [7, 11) is -4.00. The monoisotopic (exact) mass is 450 g/mol. The van der Waals surface area contributed by atoms with Gasteiger partial charge in [0.2, 0.25) is 0 Å². The van der Waals surface area contributed by atoms with Gasteiger partial charge in [0.25, 0.3) is 15.9 Å². The predicted octanol–water partition coefficient (Wildman–Crippen LogP) is 5.25. The van der Waals surface area contributed by atoms with Crippen LogP contribution in [0.1, 0.15) is 10.4 Å². The summed E-state index contributed by atoms with van der Waals surface area (Å²) in [5.74, 6) is -0.964. The standard InChI is InChI=1S/C20H16ClFN2O3S2/c1-28-16-4-2-3-15(12-16)23-20(25)13-5-10-18(21)19(11-13)24-29(26,27)17-8-6-14(22)7-9-17/h2-12,24H,1H3,(H,23,25). The molecule has 9 heteroatoms. The number of anilines is 2. The van der Waals surface area contributed by atoms with Crippen molar-refractivity contribution in [3.8, 4) is 0 Å². The molecule has 3 rings (SSSR count). The highest BCUT2D eigenvalue weighted by atomic mass is 35.5. The van der Waals surface area contributed by atoms with Crippen LogP contribution in [-0.4, -0.2) is 20.6 Å². The molecule has 0 bridgehead atoms. The Hall–Kier alpha value is -2.55. The largest absolute Gasteiger partial charge is 0.322 e. The minimum atomic E-state index is -4.00. The average molecular weight is 451 g/mol. The van der Waals surface area contributed by atoms with E-state index in [1.54, 1.807) is 17.8 Å². The number of carbonyl (C=O) groups excluding carboxylic acids is 1. The van der Waals surface area contributed by atoms with Crippen molar-refractivity contribution in [2.75, 3.05) is 16.3 Å². The molecule has 0 saturated carbocycles. The van der Waals surface area contributed by atoms with E-state index in [0.29, 0.717) is 5.69 Å². The zero-order valence-electron chi connectivity index (χ0n) is 15.1. The van der Waals surface area contributed by atoms with E-state index in [2.05, 4.69) is 10.0 Å². The molecule has 0 aliphatic carbocycles. The van der Waals surface area contributed by atoms with Crippen LogP contribution in [-0.2, 0) is 10.0 Å². The minimum Gasteiger partial charge on any atom is -0.322 e. The fraction of sp³-hybridized carbons (Fsp3) is 0.0500. The molecule has 0 unspecified atom stereocenters. The molecular weight excluding hydrogens is 435 g/mol. The Morgan fingerprint density at radius 3 is 2.45 bits per heavy atom. The number of amides is 1. The molecule has 2 N–H and O–H groups in total. The number of hydrogen-bond acceptors (Lipinski definition) is 4. The van der Waals surface area contributed by atoms with E-state index < -0.39 is 21.7 Å². The maximum absolute atomic E-state index is 13.1. The number of hydrogen-bond donors (Lipinski definition) is 2. The third-order valence-electron chi connectivity index (χ3n) is 3.92. The van der Waals surface area contributed by atoms with Crippen molar-refractivity contribution in [1.29, 1.82) is 0 Å². The highest BCUT2D eigenvalue weighted by molar-refractivity contribution is 7.98. The van der Waals surface area contributed by atoms with Gasteiger partial charge in [-0.15, -0.1) is 11.8 Å². The van der Waals surface area contributed by atoms with Crippen LogP contribution >= 0.6 is 23.4 Å². The molecule has 29 heavy (non-hydrogen) atoms. The second-order valence-corrected chi connectivity index (χ2v) is 8.91. The maximum Gasteiger partial charge on any atom is 0.261 e. The van der Waals surface area contributed by atoms with E-state index in [-0.39, 0.29) is 21.2 Å². The number of nitrogens with one attached hydrogen (secondary N) is 2. The van der Waals surface area contributed by atoms with Gasteiger partial charge < -0.3 is 5.32 Å². The number of thioether (sulfide) groups is 1. The summed E-state index contributed by atoms with van der Waals surface area (Å²) in [4.78, 5) is 13.4. The molecule has 0 heterocycles. The summed E-state index contributed by atoms with van der Waals surface area (Å²) in [5.41, 5.74) is 0.882. The number of carbonyl (C=O) groups is 1. The van der Waals surface area contributed by atoms with Gasteiger partial charge in [0.05, 0.1) is 15.6 Å². The van der Waals surface area contributed by atoms with E-state index in [9.17, 15) is 17.6 Å². The van der Waals surface area contributed by atoms with Gasteiger partial charge in [-0.25, -0.2) is 12.8 Å². The average Bonchev–Trinajstić information content (AvgIpc) is 2.70. The molecule has 0 saturated heterocycles. The Kier molecular flexibility index (Phi) is 6.46. The van der Waals surface area contributed by atoms with Crippen molar-refractivity contribution in [3.63, 3.8) is 0 Å². The Morgan fingerprint density at radius 1 is 1.03 bits per heavy atom. The maximum atomic E-state index is 13.1. The SMILES string of the molecule is CSc1cccc(NC(=O)c2ccc(Cl)c(NS(=O)(=O)c3ccc(F)cc3)c2)c1. The smallest absolute Gasteiger partial charge is 0.261 e. The molecule has 150 valence electrons. The van der Waals surface area contributed by atoms with Gasteiger partial charge in [-0.2, -0.15) is 0 Å². The van der Waals surface area contributed by atoms with E-state index in [1.165, 1.54) is 18.2 Å². The first-order valence-electron chi connectivity index (χ1n) is 8.32. The number of rotatable bonds is 6. The Morgan fingerprint density at radius 2 is 1.76 bits per heavy atom. The summed E-state index contributed by atoms with van der Waals surface area (Å²) >= 11 is 7.64. The van der Waals surface area contributed by atoms with Crippen molar-refractivity contribution >= 4 is 50.7 Å². The lowest BCUT2D eigenvalue weighted by Gasteiger charge is -2.12. The molecule has 0 fully saturated rings. The van der Waals surface area contributed by atoms with Gasteiger partial charge in [-0.05, 0) is 66.9 Å². The molecule has 0 atom stereocenters. The van der Waals surface area contributed by atoms with Gasteiger partial charge in [0.1, 0.15) is 5.82 Å². The normalized spacial score (nSPS) is 11.1. The first-order chi connectivity index (χ1) is 13.8. The van der Waals surface area contributed by atoms with Crippen molar-refractivity contribution < 1.29 is 17.6 Å². The third kappa shape index (κ3) is 5.29. The fourth-order valence-electron chi connectivity index (χ4n) is 2.47.